The van der Waals surface area contributed by atoms with Gasteiger partial charge in [-0.25, -0.2) is 0 Å². The summed E-state index contributed by atoms with van der Waals surface area (Å²) in [6.07, 6.45) is 14.1. The fraction of sp³-hybridized carbons (Fsp3) is 1.00. The van der Waals surface area contributed by atoms with Crippen LogP contribution in [-0.2, 0) is 0 Å². The molecule has 0 spiro atoms. The molecule has 3 saturated carbocycles. The molecule has 0 aromatic carbocycles. The quantitative estimate of drug-likeness (QED) is 0.579. The number of fused-ring (bicyclic) bond motifs is 3. The minimum atomic E-state index is 0.930. The third-order valence-electron chi connectivity index (χ3n) is 6.46. The van der Waals surface area contributed by atoms with Crippen molar-refractivity contribution in [2.75, 3.05) is 0 Å². The Bertz CT molecular complexity index is 255. The SMILES string of the molecule is CC(C)C1CCC2CCC3CCCCC3C2C1. The van der Waals surface area contributed by atoms with Crippen LogP contribution in [0.15, 0.2) is 0 Å². The maximum atomic E-state index is 2.45. The van der Waals surface area contributed by atoms with E-state index in [4.69, 9.17) is 0 Å². The van der Waals surface area contributed by atoms with E-state index in [1.54, 1.807) is 38.5 Å². The van der Waals surface area contributed by atoms with Gasteiger partial charge >= 0.3 is 0 Å². The summed E-state index contributed by atoms with van der Waals surface area (Å²) in [5.41, 5.74) is 0. The summed E-state index contributed by atoms with van der Waals surface area (Å²) >= 11 is 0. The monoisotopic (exact) mass is 234 g/mol. The fourth-order valence-corrected chi connectivity index (χ4v) is 5.38. The third-order valence-corrected chi connectivity index (χ3v) is 6.46. The highest BCUT2D eigenvalue weighted by Gasteiger charge is 2.43. The standard InChI is InChI=1S/C17H30/c1-12(2)15-10-9-14-8-7-13-5-3-4-6-16(13)17(14)11-15/h12-17H,3-11H2,1-2H3. The number of hydrogen-bond donors (Lipinski definition) is 0. The van der Waals surface area contributed by atoms with E-state index in [2.05, 4.69) is 13.8 Å². The van der Waals surface area contributed by atoms with Gasteiger partial charge in [0.05, 0.1) is 0 Å². The van der Waals surface area contributed by atoms with Crippen LogP contribution in [0.25, 0.3) is 0 Å². The Morgan fingerprint density at radius 2 is 1.35 bits per heavy atom. The average Bonchev–Trinajstić information content (AvgIpc) is 2.38. The van der Waals surface area contributed by atoms with E-state index in [0.717, 1.165) is 35.5 Å². The molecule has 98 valence electrons. The number of rotatable bonds is 1. The second-order valence-corrected chi connectivity index (χ2v) is 7.53. The van der Waals surface area contributed by atoms with Crippen LogP contribution in [0.1, 0.15) is 71.6 Å². The van der Waals surface area contributed by atoms with Crippen LogP contribution in [0.4, 0.5) is 0 Å². The second kappa shape index (κ2) is 4.94. The molecule has 0 heteroatoms. The van der Waals surface area contributed by atoms with E-state index in [1.807, 2.05) is 0 Å². The van der Waals surface area contributed by atoms with Crippen LogP contribution < -0.4 is 0 Å². The first-order valence-corrected chi connectivity index (χ1v) is 8.25. The lowest BCUT2D eigenvalue weighted by atomic mass is 9.55. The van der Waals surface area contributed by atoms with Gasteiger partial charge in [-0.3, -0.25) is 0 Å². The van der Waals surface area contributed by atoms with Gasteiger partial charge in [-0.1, -0.05) is 33.1 Å². The highest BCUT2D eigenvalue weighted by Crippen LogP contribution is 2.53. The van der Waals surface area contributed by atoms with E-state index < -0.39 is 0 Å². The molecule has 0 heterocycles. The molecule has 0 aromatic rings. The summed E-state index contributed by atoms with van der Waals surface area (Å²) in [7, 11) is 0. The molecular weight excluding hydrogens is 204 g/mol. The van der Waals surface area contributed by atoms with Gasteiger partial charge in [-0.2, -0.15) is 0 Å². The molecule has 0 bridgehead atoms. The molecule has 0 saturated heterocycles. The minimum Gasteiger partial charge on any atom is -0.0625 e. The zero-order chi connectivity index (χ0) is 11.8. The van der Waals surface area contributed by atoms with E-state index >= 15 is 0 Å². The van der Waals surface area contributed by atoms with Crippen molar-refractivity contribution in [3.63, 3.8) is 0 Å². The lowest BCUT2D eigenvalue weighted by Crippen LogP contribution is -2.40. The van der Waals surface area contributed by atoms with Gasteiger partial charge in [0.25, 0.3) is 0 Å². The van der Waals surface area contributed by atoms with Crippen molar-refractivity contribution in [2.24, 2.45) is 35.5 Å². The maximum absolute atomic E-state index is 2.45. The van der Waals surface area contributed by atoms with Crippen molar-refractivity contribution in [2.45, 2.75) is 71.6 Å². The summed E-state index contributed by atoms with van der Waals surface area (Å²) in [5.74, 6) is 6.52. The van der Waals surface area contributed by atoms with Gasteiger partial charge in [0.15, 0.2) is 0 Å². The Labute approximate surface area is 108 Å². The van der Waals surface area contributed by atoms with Gasteiger partial charge in [-0.05, 0) is 74.0 Å². The van der Waals surface area contributed by atoms with Crippen LogP contribution in [0.5, 0.6) is 0 Å². The first kappa shape index (κ1) is 12.1. The smallest absolute Gasteiger partial charge is 0.0352 e. The molecule has 3 aliphatic carbocycles. The molecule has 3 aliphatic rings. The average molecular weight is 234 g/mol. The Morgan fingerprint density at radius 1 is 0.706 bits per heavy atom. The van der Waals surface area contributed by atoms with E-state index in [1.165, 1.54) is 19.3 Å². The Kier molecular flexibility index (Phi) is 3.50. The molecule has 0 aliphatic heterocycles. The maximum Gasteiger partial charge on any atom is -0.0352 e. The van der Waals surface area contributed by atoms with Crippen LogP contribution in [0.3, 0.4) is 0 Å². The lowest BCUT2D eigenvalue weighted by molar-refractivity contribution is 0.00206. The molecule has 17 heavy (non-hydrogen) atoms. The zero-order valence-electron chi connectivity index (χ0n) is 11.8. The topological polar surface area (TPSA) is 0 Å². The predicted octanol–water partition coefficient (Wildman–Crippen LogP) is 5.28. The summed E-state index contributed by atoms with van der Waals surface area (Å²) in [5, 5.41) is 0. The van der Waals surface area contributed by atoms with Gasteiger partial charge in [0.1, 0.15) is 0 Å². The summed E-state index contributed by atoms with van der Waals surface area (Å²) in [4.78, 5) is 0. The fourth-order valence-electron chi connectivity index (χ4n) is 5.38. The first-order chi connectivity index (χ1) is 8.25. The highest BCUT2D eigenvalue weighted by molar-refractivity contribution is 4.93. The normalized spacial score (nSPS) is 46.4. The highest BCUT2D eigenvalue weighted by atomic mass is 14.5. The van der Waals surface area contributed by atoms with Gasteiger partial charge in [-0.15, -0.1) is 0 Å². The van der Waals surface area contributed by atoms with Gasteiger partial charge < -0.3 is 0 Å². The largest absolute Gasteiger partial charge is 0.0625 e. The van der Waals surface area contributed by atoms with E-state index in [0.29, 0.717) is 0 Å². The van der Waals surface area contributed by atoms with Crippen molar-refractivity contribution in [1.82, 2.24) is 0 Å². The Hall–Kier alpha value is 0. The summed E-state index contributed by atoms with van der Waals surface area (Å²) < 4.78 is 0. The molecule has 3 fully saturated rings. The number of hydrogen-bond acceptors (Lipinski definition) is 0. The lowest BCUT2D eigenvalue weighted by Gasteiger charge is -2.50. The molecule has 5 unspecified atom stereocenters. The van der Waals surface area contributed by atoms with Crippen molar-refractivity contribution in [1.29, 1.82) is 0 Å². The third kappa shape index (κ3) is 2.29. The molecule has 5 atom stereocenters. The molecule has 0 nitrogen and oxygen atoms in total. The minimum absolute atomic E-state index is 0.930. The molecule has 0 N–H and O–H groups in total. The van der Waals surface area contributed by atoms with Crippen molar-refractivity contribution < 1.29 is 0 Å². The van der Waals surface area contributed by atoms with Crippen LogP contribution in [0.2, 0.25) is 0 Å². The molecule has 0 radical (unpaired) electrons. The van der Waals surface area contributed by atoms with Crippen molar-refractivity contribution in [3.8, 4) is 0 Å². The molecule has 0 aromatic heterocycles. The second-order valence-electron chi connectivity index (χ2n) is 7.53. The van der Waals surface area contributed by atoms with Crippen LogP contribution in [0, 0.1) is 35.5 Å². The zero-order valence-corrected chi connectivity index (χ0v) is 11.8. The van der Waals surface area contributed by atoms with E-state index in [-0.39, 0.29) is 0 Å². The molecule has 0 amide bonds. The van der Waals surface area contributed by atoms with Crippen LogP contribution in [-0.4, -0.2) is 0 Å². The van der Waals surface area contributed by atoms with Crippen molar-refractivity contribution >= 4 is 0 Å². The Balaban J connectivity index is 1.71. The van der Waals surface area contributed by atoms with Gasteiger partial charge in [0.2, 0.25) is 0 Å². The summed E-state index contributed by atoms with van der Waals surface area (Å²) in [6.45, 7) is 4.90. The van der Waals surface area contributed by atoms with Crippen LogP contribution >= 0.6 is 0 Å². The Morgan fingerprint density at radius 3 is 2.12 bits per heavy atom. The molecule has 3 rings (SSSR count). The van der Waals surface area contributed by atoms with Crippen molar-refractivity contribution in [3.05, 3.63) is 0 Å². The molecular formula is C17H30. The predicted molar refractivity (Wildman–Crippen MR) is 73.8 cm³/mol. The van der Waals surface area contributed by atoms with Gasteiger partial charge in [0, 0.05) is 0 Å². The first-order valence-electron chi connectivity index (χ1n) is 8.25. The summed E-state index contributed by atoms with van der Waals surface area (Å²) in [6, 6.07) is 0. The van der Waals surface area contributed by atoms with E-state index in [9.17, 15) is 0 Å².